The monoisotopic (exact) mass is 324 g/mol. The summed E-state index contributed by atoms with van der Waals surface area (Å²) in [5, 5.41) is 3.58. The van der Waals surface area contributed by atoms with Crippen LogP contribution in [-0.2, 0) is 9.53 Å². The molecule has 1 unspecified atom stereocenters. The molecule has 3 N–H and O–H groups in total. The number of methoxy groups -OCH3 is 1. The second-order valence-corrected chi connectivity index (χ2v) is 5.20. The topological polar surface area (TPSA) is 64.3 Å². The van der Waals surface area contributed by atoms with Crippen LogP contribution < -0.4 is 11.1 Å². The molecule has 1 aromatic rings. The highest BCUT2D eigenvalue weighted by Crippen LogP contribution is 2.32. The van der Waals surface area contributed by atoms with Gasteiger partial charge in [-0.25, -0.2) is 0 Å². The Morgan fingerprint density at radius 2 is 1.95 bits per heavy atom. The number of anilines is 1. The maximum absolute atomic E-state index is 11.8. The van der Waals surface area contributed by atoms with Crippen molar-refractivity contribution < 1.29 is 9.53 Å². The number of ether oxygens (including phenoxy) is 1. The van der Waals surface area contributed by atoms with Crippen molar-refractivity contribution in [2.24, 2.45) is 5.73 Å². The van der Waals surface area contributed by atoms with Gasteiger partial charge in [0.2, 0.25) is 5.91 Å². The molecule has 0 spiro atoms. The summed E-state index contributed by atoms with van der Waals surface area (Å²) < 4.78 is 4.90. The van der Waals surface area contributed by atoms with Crippen molar-refractivity contribution in [2.45, 2.75) is 18.9 Å². The van der Waals surface area contributed by atoms with Gasteiger partial charge in [-0.3, -0.25) is 4.79 Å². The number of hydrogen-bond donors (Lipinski definition) is 2. The number of nitrogens with one attached hydrogen (secondary N) is 1. The van der Waals surface area contributed by atoms with Crippen LogP contribution in [0.4, 0.5) is 5.69 Å². The molecule has 1 rings (SSSR count). The van der Waals surface area contributed by atoms with Crippen LogP contribution in [0, 0.1) is 0 Å². The second kappa shape index (κ2) is 7.92. The number of hydrogen-bond acceptors (Lipinski definition) is 3. The van der Waals surface area contributed by atoms with Crippen LogP contribution in [0.2, 0.25) is 15.1 Å². The van der Waals surface area contributed by atoms with Gasteiger partial charge in [0.15, 0.2) is 0 Å². The zero-order valence-electron chi connectivity index (χ0n) is 10.4. The Morgan fingerprint density at radius 1 is 1.32 bits per heavy atom. The maximum Gasteiger partial charge on any atom is 0.241 e. The van der Waals surface area contributed by atoms with Crippen LogP contribution in [0.3, 0.4) is 0 Å². The summed E-state index contributed by atoms with van der Waals surface area (Å²) in [6.07, 6.45) is 1.23. The molecule has 0 radical (unpaired) electrons. The first-order valence-corrected chi connectivity index (χ1v) is 6.79. The van der Waals surface area contributed by atoms with Crippen molar-refractivity contribution in [3.63, 3.8) is 0 Å². The normalized spacial score (nSPS) is 12.3. The Balaban J connectivity index is 2.64. The summed E-state index contributed by atoms with van der Waals surface area (Å²) in [5.74, 6) is -0.323. The molecule has 19 heavy (non-hydrogen) atoms. The minimum absolute atomic E-state index is 0.312. The third-order valence-electron chi connectivity index (χ3n) is 2.47. The van der Waals surface area contributed by atoms with Gasteiger partial charge in [-0.2, -0.15) is 0 Å². The summed E-state index contributed by atoms with van der Waals surface area (Å²) in [5.41, 5.74) is 6.15. The Bertz CT molecular complexity index is 455. The number of rotatable bonds is 6. The van der Waals surface area contributed by atoms with Gasteiger partial charge in [0, 0.05) is 13.7 Å². The second-order valence-electron chi connectivity index (χ2n) is 3.98. The standard InChI is InChI=1S/C12H15Cl3N2O2/c1-19-4-2-3-10(16)12(18)17-11-6-8(14)7(13)5-9(11)15/h5-6,10H,2-4,16H2,1H3,(H,17,18). The molecular formula is C12H15Cl3N2O2. The minimum atomic E-state index is -0.624. The Kier molecular flexibility index (Phi) is 6.89. The number of carbonyl (C=O) groups is 1. The summed E-state index contributed by atoms with van der Waals surface area (Å²) >= 11 is 17.6. The number of benzene rings is 1. The van der Waals surface area contributed by atoms with Gasteiger partial charge in [0.05, 0.1) is 26.8 Å². The highest BCUT2D eigenvalue weighted by Gasteiger charge is 2.15. The molecule has 7 heteroatoms. The van der Waals surface area contributed by atoms with E-state index < -0.39 is 6.04 Å². The average molecular weight is 326 g/mol. The van der Waals surface area contributed by atoms with Crippen LogP contribution in [-0.4, -0.2) is 25.7 Å². The molecule has 106 valence electrons. The van der Waals surface area contributed by atoms with Crippen LogP contribution >= 0.6 is 34.8 Å². The maximum atomic E-state index is 11.8. The van der Waals surface area contributed by atoms with E-state index >= 15 is 0 Å². The van der Waals surface area contributed by atoms with Gasteiger partial charge in [-0.1, -0.05) is 34.8 Å². The third kappa shape index (κ3) is 5.16. The largest absolute Gasteiger partial charge is 0.385 e. The van der Waals surface area contributed by atoms with Gasteiger partial charge < -0.3 is 15.8 Å². The van der Waals surface area contributed by atoms with E-state index in [0.717, 1.165) is 0 Å². The summed E-state index contributed by atoms with van der Waals surface area (Å²) in [6, 6.07) is 2.34. The van der Waals surface area contributed by atoms with Gasteiger partial charge in [0.25, 0.3) is 0 Å². The first kappa shape index (κ1) is 16.5. The molecule has 0 aliphatic heterocycles. The van der Waals surface area contributed by atoms with E-state index in [0.29, 0.717) is 40.2 Å². The van der Waals surface area contributed by atoms with Gasteiger partial charge in [0.1, 0.15) is 0 Å². The van der Waals surface area contributed by atoms with Crippen LogP contribution in [0.25, 0.3) is 0 Å². The van der Waals surface area contributed by atoms with Gasteiger partial charge >= 0.3 is 0 Å². The van der Waals surface area contributed by atoms with Crippen molar-refractivity contribution in [3.8, 4) is 0 Å². The highest BCUT2D eigenvalue weighted by atomic mass is 35.5. The quantitative estimate of drug-likeness (QED) is 0.623. The van der Waals surface area contributed by atoms with Crippen molar-refractivity contribution in [3.05, 3.63) is 27.2 Å². The SMILES string of the molecule is COCCCC(N)C(=O)Nc1cc(Cl)c(Cl)cc1Cl. The molecule has 0 aromatic heterocycles. The molecule has 0 saturated heterocycles. The minimum Gasteiger partial charge on any atom is -0.385 e. The van der Waals surface area contributed by atoms with Gasteiger partial charge in [-0.05, 0) is 25.0 Å². The Labute approximate surface area is 127 Å². The lowest BCUT2D eigenvalue weighted by Gasteiger charge is -2.13. The average Bonchev–Trinajstić information content (AvgIpc) is 2.36. The van der Waals surface area contributed by atoms with E-state index in [1.165, 1.54) is 12.1 Å². The first-order valence-electron chi connectivity index (χ1n) is 5.65. The van der Waals surface area contributed by atoms with E-state index in [1.54, 1.807) is 7.11 Å². The smallest absolute Gasteiger partial charge is 0.241 e. The predicted octanol–water partition coefficient (Wildman–Crippen LogP) is 3.34. The number of carbonyl (C=O) groups excluding carboxylic acids is 1. The lowest BCUT2D eigenvalue weighted by Crippen LogP contribution is -2.35. The van der Waals surface area contributed by atoms with E-state index in [1.807, 2.05) is 0 Å². The molecule has 4 nitrogen and oxygen atoms in total. The van der Waals surface area contributed by atoms with E-state index in [-0.39, 0.29) is 5.91 Å². The van der Waals surface area contributed by atoms with Crippen molar-refractivity contribution in [2.75, 3.05) is 19.0 Å². The van der Waals surface area contributed by atoms with Crippen LogP contribution in [0.5, 0.6) is 0 Å². The Hall–Kier alpha value is -0.520. The lowest BCUT2D eigenvalue weighted by atomic mass is 10.1. The molecule has 0 saturated carbocycles. The molecule has 1 aromatic carbocycles. The molecule has 0 heterocycles. The molecular weight excluding hydrogens is 311 g/mol. The van der Waals surface area contributed by atoms with E-state index in [9.17, 15) is 4.79 Å². The zero-order chi connectivity index (χ0) is 14.4. The van der Waals surface area contributed by atoms with Crippen molar-refractivity contribution >= 4 is 46.4 Å². The molecule has 0 bridgehead atoms. The molecule has 0 aliphatic rings. The number of halogens is 3. The van der Waals surface area contributed by atoms with E-state index in [2.05, 4.69) is 5.32 Å². The highest BCUT2D eigenvalue weighted by molar-refractivity contribution is 6.44. The fourth-order valence-electron chi connectivity index (χ4n) is 1.42. The fraction of sp³-hybridized carbons (Fsp3) is 0.417. The fourth-order valence-corrected chi connectivity index (χ4v) is 2.02. The van der Waals surface area contributed by atoms with Crippen molar-refractivity contribution in [1.82, 2.24) is 0 Å². The molecule has 0 fully saturated rings. The van der Waals surface area contributed by atoms with E-state index in [4.69, 9.17) is 45.3 Å². The summed E-state index contributed by atoms with van der Waals surface area (Å²) in [7, 11) is 1.60. The predicted molar refractivity (Wildman–Crippen MR) is 79.2 cm³/mol. The van der Waals surface area contributed by atoms with Gasteiger partial charge in [-0.15, -0.1) is 0 Å². The Morgan fingerprint density at radius 3 is 2.58 bits per heavy atom. The molecule has 1 amide bonds. The molecule has 1 atom stereocenters. The summed E-state index contributed by atoms with van der Waals surface area (Å²) in [4.78, 5) is 11.8. The first-order chi connectivity index (χ1) is 8.95. The lowest BCUT2D eigenvalue weighted by molar-refractivity contribution is -0.117. The molecule has 0 aliphatic carbocycles. The van der Waals surface area contributed by atoms with Crippen LogP contribution in [0.15, 0.2) is 12.1 Å². The third-order valence-corrected chi connectivity index (χ3v) is 3.50. The number of nitrogens with two attached hydrogens (primary N) is 1. The van der Waals surface area contributed by atoms with Crippen molar-refractivity contribution in [1.29, 1.82) is 0 Å². The zero-order valence-corrected chi connectivity index (χ0v) is 12.6. The van der Waals surface area contributed by atoms with Crippen LogP contribution in [0.1, 0.15) is 12.8 Å². The number of amides is 1. The summed E-state index contributed by atoms with van der Waals surface area (Å²) in [6.45, 7) is 0.564.